The number of hydrogen-bond acceptors (Lipinski definition) is 5. The molecule has 40 heavy (non-hydrogen) atoms. The fourth-order valence-electron chi connectivity index (χ4n) is 6.85. The number of ether oxygens (including phenoxy) is 1. The number of rotatable bonds is 4. The molecule has 5 rings (SSSR count). The molecule has 3 amide bonds. The normalized spacial score (nSPS) is 29.4. The van der Waals surface area contributed by atoms with Crippen molar-refractivity contribution in [3.05, 3.63) is 48.0 Å². The highest BCUT2D eigenvalue weighted by Crippen LogP contribution is 2.36. The fraction of sp³-hybridized carbons (Fsp3) is 0.656. The Bertz CT molecular complexity index is 1050. The zero-order valence-corrected chi connectivity index (χ0v) is 24.0. The maximum Gasteiger partial charge on any atom is 0.243 e. The Hall–Kier alpha value is -2.71. The minimum Gasteiger partial charge on any atom is -0.381 e. The number of piperidine rings is 2. The Morgan fingerprint density at radius 2 is 1.75 bits per heavy atom. The van der Waals surface area contributed by atoms with E-state index in [1.807, 2.05) is 35.2 Å². The minimum atomic E-state index is -0.650. The van der Waals surface area contributed by atoms with Crippen molar-refractivity contribution in [1.29, 1.82) is 0 Å². The van der Waals surface area contributed by atoms with E-state index in [0.29, 0.717) is 64.3 Å². The monoisotopic (exact) mass is 550 g/mol. The highest BCUT2D eigenvalue weighted by atomic mass is 16.5. The van der Waals surface area contributed by atoms with Crippen LogP contribution in [-0.4, -0.2) is 86.0 Å². The van der Waals surface area contributed by atoms with Crippen LogP contribution in [0.3, 0.4) is 0 Å². The number of amides is 3. The van der Waals surface area contributed by atoms with Crippen LogP contribution >= 0.6 is 0 Å². The van der Waals surface area contributed by atoms with E-state index >= 15 is 0 Å². The van der Waals surface area contributed by atoms with E-state index in [1.165, 1.54) is 0 Å². The summed E-state index contributed by atoms with van der Waals surface area (Å²) in [6.07, 6.45) is 11.0. The van der Waals surface area contributed by atoms with Crippen LogP contribution in [-0.2, 0) is 25.5 Å². The lowest BCUT2D eigenvalue weighted by Gasteiger charge is -2.41. The van der Waals surface area contributed by atoms with E-state index < -0.39 is 11.5 Å². The van der Waals surface area contributed by atoms with Crippen LogP contribution in [0.1, 0.15) is 56.9 Å². The number of carbonyl (C=O) groups excluding carboxylic acids is 3. The summed E-state index contributed by atoms with van der Waals surface area (Å²) in [5.41, 5.74) is 0.451. The van der Waals surface area contributed by atoms with Gasteiger partial charge in [-0.15, -0.1) is 0 Å². The average Bonchev–Trinajstić information content (AvgIpc) is 2.97. The number of nitrogens with zero attached hydrogens (tertiary/aromatic N) is 2. The molecule has 1 aromatic rings. The lowest BCUT2D eigenvalue weighted by Crippen LogP contribution is -2.58. The Morgan fingerprint density at radius 3 is 2.50 bits per heavy atom. The molecular formula is C32H46N4O4. The predicted octanol–water partition coefficient (Wildman–Crippen LogP) is 2.93. The van der Waals surface area contributed by atoms with Gasteiger partial charge in [0.2, 0.25) is 17.7 Å². The summed E-state index contributed by atoms with van der Waals surface area (Å²) in [6, 6.07) is 9.20. The molecule has 0 saturated carbocycles. The Labute approximate surface area is 238 Å². The van der Waals surface area contributed by atoms with Gasteiger partial charge < -0.3 is 25.2 Å². The van der Waals surface area contributed by atoms with Gasteiger partial charge in [-0.2, -0.15) is 0 Å². The van der Waals surface area contributed by atoms with Crippen LogP contribution in [0.4, 0.5) is 0 Å². The molecule has 3 fully saturated rings. The molecule has 4 aliphatic heterocycles. The first-order chi connectivity index (χ1) is 19.4. The predicted molar refractivity (Wildman–Crippen MR) is 154 cm³/mol. The molecule has 4 heterocycles. The van der Waals surface area contributed by atoms with Crippen molar-refractivity contribution >= 4 is 17.7 Å². The molecule has 0 unspecified atom stereocenters. The van der Waals surface area contributed by atoms with Gasteiger partial charge in [0.15, 0.2) is 0 Å². The Balaban J connectivity index is 1.32. The summed E-state index contributed by atoms with van der Waals surface area (Å²) in [5.74, 6) is 0.682. The van der Waals surface area contributed by atoms with Gasteiger partial charge in [0, 0.05) is 51.1 Å². The molecule has 8 nitrogen and oxygen atoms in total. The molecule has 0 aliphatic carbocycles. The first kappa shape index (κ1) is 28.8. The van der Waals surface area contributed by atoms with E-state index in [-0.39, 0.29) is 29.7 Å². The largest absolute Gasteiger partial charge is 0.381 e. The van der Waals surface area contributed by atoms with Crippen molar-refractivity contribution in [3.8, 4) is 0 Å². The first-order valence-electron chi connectivity index (χ1n) is 15.3. The number of fused-ring (bicyclic) bond motifs is 1. The molecule has 218 valence electrons. The molecule has 2 N–H and O–H groups in total. The molecular weight excluding hydrogens is 504 g/mol. The van der Waals surface area contributed by atoms with Crippen LogP contribution in [0.5, 0.6) is 0 Å². The summed E-state index contributed by atoms with van der Waals surface area (Å²) in [6.45, 7) is 4.55. The fourth-order valence-corrected chi connectivity index (χ4v) is 6.85. The highest BCUT2D eigenvalue weighted by Gasteiger charge is 2.42. The second kappa shape index (κ2) is 13.3. The van der Waals surface area contributed by atoms with Crippen LogP contribution in [0.15, 0.2) is 42.5 Å². The topological polar surface area (TPSA) is 91.0 Å². The Kier molecular flexibility index (Phi) is 9.58. The van der Waals surface area contributed by atoms with Crippen molar-refractivity contribution in [2.24, 2.45) is 17.3 Å². The number of likely N-dealkylation sites (tertiary alicyclic amines) is 2. The summed E-state index contributed by atoms with van der Waals surface area (Å²) in [5, 5.41) is 6.47. The number of allylic oxidation sites excluding steroid dienone is 2. The van der Waals surface area contributed by atoms with Gasteiger partial charge in [0.25, 0.3) is 0 Å². The van der Waals surface area contributed by atoms with Gasteiger partial charge in [0.05, 0.1) is 5.41 Å². The van der Waals surface area contributed by atoms with E-state index in [1.54, 1.807) is 0 Å². The van der Waals surface area contributed by atoms with Gasteiger partial charge in [-0.3, -0.25) is 14.4 Å². The number of benzene rings is 1. The van der Waals surface area contributed by atoms with E-state index in [2.05, 4.69) is 34.7 Å². The molecule has 3 saturated heterocycles. The van der Waals surface area contributed by atoms with Crippen molar-refractivity contribution in [2.45, 2.75) is 69.9 Å². The van der Waals surface area contributed by atoms with E-state index in [0.717, 1.165) is 44.3 Å². The first-order valence-corrected chi connectivity index (χ1v) is 15.3. The van der Waals surface area contributed by atoms with Gasteiger partial charge in [-0.1, -0.05) is 42.5 Å². The van der Waals surface area contributed by atoms with E-state index in [9.17, 15) is 14.4 Å². The molecule has 1 aromatic carbocycles. The van der Waals surface area contributed by atoms with Crippen LogP contribution < -0.4 is 10.6 Å². The van der Waals surface area contributed by atoms with Gasteiger partial charge in [0.1, 0.15) is 6.04 Å². The van der Waals surface area contributed by atoms with E-state index in [4.69, 9.17) is 4.74 Å². The van der Waals surface area contributed by atoms with Crippen molar-refractivity contribution in [1.82, 2.24) is 20.4 Å². The quantitative estimate of drug-likeness (QED) is 0.563. The third-order valence-electron chi connectivity index (χ3n) is 9.67. The SMILES string of the molecule is CN1CCC(CC(=O)N2CC[C@@H]3NC(=O)[C@@H](Cc4ccccc4)NC(=O)C4(C/C=C/C[C@@H]3C2)CCOCC4)CC1. The summed E-state index contributed by atoms with van der Waals surface area (Å²) < 4.78 is 5.60. The molecule has 3 atom stereocenters. The Morgan fingerprint density at radius 1 is 1.00 bits per heavy atom. The third-order valence-corrected chi connectivity index (χ3v) is 9.67. The van der Waals surface area contributed by atoms with Crippen LogP contribution in [0.25, 0.3) is 0 Å². The smallest absolute Gasteiger partial charge is 0.243 e. The maximum absolute atomic E-state index is 13.8. The van der Waals surface area contributed by atoms with Crippen LogP contribution in [0, 0.1) is 17.3 Å². The number of hydrogen-bond donors (Lipinski definition) is 2. The lowest BCUT2D eigenvalue weighted by molar-refractivity contribution is -0.140. The maximum atomic E-state index is 13.8. The standard InChI is InChI=1S/C32H46N4O4/c1-35-16-10-25(11-17-35)22-29(37)36-18-12-27-26(23-36)9-5-6-13-32(14-19-40-20-15-32)31(39)34-28(30(38)33-27)21-24-7-3-2-4-8-24/h2-8,25-28H,9-23H2,1H3,(H,33,38)(H,34,39)/b6-5+/t26-,27+,28-/m1/s1. The molecule has 0 bridgehead atoms. The van der Waals surface area contributed by atoms with Gasteiger partial charge >= 0.3 is 0 Å². The second-order valence-electron chi connectivity index (χ2n) is 12.5. The minimum absolute atomic E-state index is 0.0313. The molecule has 0 radical (unpaired) electrons. The summed E-state index contributed by atoms with van der Waals surface area (Å²) in [4.78, 5) is 45.1. The van der Waals surface area contributed by atoms with Crippen molar-refractivity contribution in [2.75, 3.05) is 46.4 Å². The zero-order valence-electron chi connectivity index (χ0n) is 24.0. The molecule has 8 heteroatoms. The van der Waals surface area contributed by atoms with Gasteiger partial charge in [-0.05, 0) is 76.6 Å². The lowest BCUT2D eigenvalue weighted by atomic mass is 9.75. The zero-order chi connectivity index (χ0) is 28.0. The summed E-state index contributed by atoms with van der Waals surface area (Å²) in [7, 11) is 2.15. The molecule has 4 aliphatic rings. The molecule has 0 aromatic heterocycles. The van der Waals surface area contributed by atoms with Crippen molar-refractivity contribution in [3.63, 3.8) is 0 Å². The average molecular weight is 551 g/mol. The highest BCUT2D eigenvalue weighted by molar-refractivity contribution is 5.90. The second-order valence-corrected chi connectivity index (χ2v) is 12.5. The number of carbonyl (C=O) groups is 3. The summed E-state index contributed by atoms with van der Waals surface area (Å²) >= 11 is 0. The number of nitrogens with one attached hydrogen (secondary N) is 2. The van der Waals surface area contributed by atoms with Crippen molar-refractivity contribution < 1.29 is 19.1 Å². The van der Waals surface area contributed by atoms with Gasteiger partial charge in [-0.25, -0.2) is 0 Å². The third kappa shape index (κ3) is 7.13. The molecule has 1 spiro atoms. The van der Waals surface area contributed by atoms with Crippen LogP contribution in [0.2, 0.25) is 0 Å².